The number of unbranched alkanes of at least 4 members (excludes halogenated alkanes) is 1. The molecule has 170 valence electrons. The van der Waals surface area contributed by atoms with Gasteiger partial charge in [0.05, 0.1) is 34.1 Å². The Bertz CT molecular complexity index is 1040. The number of methoxy groups -OCH3 is 4. The third-order valence-corrected chi connectivity index (χ3v) is 5.92. The van der Waals surface area contributed by atoms with Gasteiger partial charge in [-0.25, -0.2) is 4.99 Å². The summed E-state index contributed by atoms with van der Waals surface area (Å²) in [4.78, 5) is 19.7. The molecule has 1 amide bonds. The van der Waals surface area contributed by atoms with Gasteiger partial charge in [-0.1, -0.05) is 31.2 Å². The minimum atomic E-state index is -0.214. The summed E-state index contributed by atoms with van der Waals surface area (Å²) in [6.45, 7) is 2.14. The summed E-state index contributed by atoms with van der Waals surface area (Å²) in [5.74, 6) is 2.97. The Morgan fingerprint density at radius 3 is 2.34 bits per heavy atom. The van der Waals surface area contributed by atoms with E-state index in [1.807, 2.05) is 24.3 Å². The molecule has 0 aromatic heterocycles. The Hall–Kier alpha value is -3.13. The van der Waals surface area contributed by atoms with Crippen molar-refractivity contribution in [3.63, 3.8) is 0 Å². The van der Waals surface area contributed by atoms with Crippen molar-refractivity contribution < 1.29 is 23.7 Å². The quantitative estimate of drug-likeness (QED) is 0.391. The molecule has 0 saturated heterocycles. The molecule has 3 rings (SSSR count). The van der Waals surface area contributed by atoms with E-state index in [1.54, 1.807) is 63.3 Å². The molecule has 0 fully saturated rings. The first-order chi connectivity index (χ1) is 15.6. The lowest BCUT2D eigenvalue weighted by molar-refractivity contribution is -0.113. The highest BCUT2D eigenvalue weighted by Crippen LogP contribution is 2.37. The zero-order chi connectivity index (χ0) is 23.1. The summed E-state index contributed by atoms with van der Waals surface area (Å²) in [7, 11) is 6.29. The van der Waals surface area contributed by atoms with E-state index < -0.39 is 0 Å². The molecule has 2 aromatic rings. The first-order valence-electron chi connectivity index (χ1n) is 10.3. The van der Waals surface area contributed by atoms with Crippen LogP contribution < -0.4 is 23.8 Å². The molecule has 8 heteroatoms. The van der Waals surface area contributed by atoms with E-state index in [4.69, 9.17) is 18.9 Å². The monoisotopic (exact) mass is 456 g/mol. The smallest absolute Gasteiger partial charge is 0.283 e. The summed E-state index contributed by atoms with van der Waals surface area (Å²) in [5.41, 5.74) is 1.69. The minimum Gasteiger partial charge on any atom is -0.497 e. The van der Waals surface area contributed by atoms with Gasteiger partial charge in [0.2, 0.25) is 0 Å². The average Bonchev–Trinajstić information content (AvgIpc) is 3.13. The van der Waals surface area contributed by atoms with Crippen molar-refractivity contribution in [2.75, 3.05) is 39.1 Å². The van der Waals surface area contributed by atoms with E-state index in [2.05, 4.69) is 11.9 Å². The van der Waals surface area contributed by atoms with Gasteiger partial charge in [0.25, 0.3) is 5.91 Å². The largest absolute Gasteiger partial charge is 0.497 e. The predicted molar refractivity (Wildman–Crippen MR) is 129 cm³/mol. The highest BCUT2D eigenvalue weighted by atomic mass is 32.2. The van der Waals surface area contributed by atoms with Crippen LogP contribution in [0.4, 0.5) is 5.69 Å². The fourth-order valence-electron chi connectivity index (χ4n) is 3.19. The summed E-state index contributed by atoms with van der Waals surface area (Å²) in [6, 6.07) is 10.9. The fraction of sp³-hybridized carbons (Fsp3) is 0.333. The summed E-state index contributed by atoms with van der Waals surface area (Å²) in [6.07, 6.45) is 3.81. The predicted octanol–water partition coefficient (Wildman–Crippen LogP) is 5.00. The van der Waals surface area contributed by atoms with Gasteiger partial charge in [0.15, 0.2) is 16.7 Å². The van der Waals surface area contributed by atoms with Crippen LogP contribution in [0.3, 0.4) is 0 Å². The zero-order valence-corrected chi connectivity index (χ0v) is 19.8. The number of hydrogen-bond acceptors (Lipinski definition) is 7. The second-order valence-electron chi connectivity index (χ2n) is 6.92. The number of carbonyl (C=O) groups excluding carboxylic acids is 1. The summed E-state index contributed by atoms with van der Waals surface area (Å²) in [5, 5.41) is 0.641. The zero-order valence-electron chi connectivity index (χ0n) is 19.0. The summed E-state index contributed by atoms with van der Waals surface area (Å²) >= 11 is 1.56. The summed E-state index contributed by atoms with van der Waals surface area (Å²) < 4.78 is 21.6. The van der Waals surface area contributed by atoms with Crippen LogP contribution >= 0.6 is 11.8 Å². The van der Waals surface area contributed by atoms with Gasteiger partial charge in [-0.05, 0) is 30.7 Å². The molecule has 2 aromatic carbocycles. The molecule has 0 saturated carbocycles. The van der Waals surface area contributed by atoms with Crippen LogP contribution in [0.5, 0.6) is 23.0 Å². The molecule has 1 aliphatic rings. The van der Waals surface area contributed by atoms with Crippen LogP contribution in [-0.2, 0) is 4.79 Å². The number of aliphatic imine (C=N–C) groups is 1. The van der Waals surface area contributed by atoms with E-state index in [0.29, 0.717) is 45.1 Å². The third kappa shape index (κ3) is 5.02. The van der Waals surface area contributed by atoms with Gasteiger partial charge in [-0.2, -0.15) is 0 Å². The van der Waals surface area contributed by atoms with E-state index in [1.165, 1.54) is 0 Å². The van der Waals surface area contributed by atoms with E-state index in [-0.39, 0.29) is 5.91 Å². The van der Waals surface area contributed by atoms with Crippen molar-refractivity contribution in [1.82, 2.24) is 0 Å². The van der Waals surface area contributed by atoms with Crippen LogP contribution in [0.1, 0.15) is 25.3 Å². The van der Waals surface area contributed by atoms with Crippen molar-refractivity contribution in [2.45, 2.75) is 19.8 Å². The molecule has 0 N–H and O–H groups in total. The van der Waals surface area contributed by atoms with Crippen molar-refractivity contribution in [3.8, 4) is 23.0 Å². The minimum absolute atomic E-state index is 0.214. The van der Waals surface area contributed by atoms with E-state index >= 15 is 0 Å². The maximum absolute atomic E-state index is 13.4. The lowest BCUT2D eigenvalue weighted by Crippen LogP contribution is -2.30. The first-order valence-corrected chi connectivity index (χ1v) is 11.3. The van der Waals surface area contributed by atoms with Crippen molar-refractivity contribution >= 4 is 34.6 Å². The number of rotatable bonds is 9. The highest BCUT2D eigenvalue weighted by molar-refractivity contribution is 8.14. The Morgan fingerprint density at radius 1 is 0.969 bits per heavy atom. The van der Waals surface area contributed by atoms with Gasteiger partial charge < -0.3 is 18.9 Å². The van der Waals surface area contributed by atoms with Crippen LogP contribution in [0.2, 0.25) is 0 Å². The SMILES string of the molecule is CCCCSC1=N/C(=C\c2cc(OC)c(OC)cc2OC)C(=O)N1c1cccc(OC)c1. The van der Waals surface area contributed by atoms with Gasteiger partial charge in [0.1, 0.15) is 17.2 Å². The lowest BCUT2D eigenvalue weighted by atomic mass is 10.1. The Kier molecular flexibility index (Phi) is 8.05. The van der Waals surface area contributed by atoms with Crippen LogP contribution in [0.25, 0.3) is 6.08 Å². The number of nitrogens with zero attached hydrogens (tertiary/aromatic N) is 2. The van der Waals surface area contributed by atoms with Crippen LogP contribution in [0.15, 0.2) is 47.1 Å². The molecule has 0 bridgehead atoms. The van der Waals surface area contributed by atoms with Crippen molar-refractivity contribution in [1.29, 1.82) is 0 Å². The lowest BCUT2D eigenvalue weighted by Gasteiger charge is -2.18. The molecule has 32 heavy (non-hydrogen) atoms. The number of anilines is 1. The number of ether oxygens (including phenoxy) is 4. The van der Waals surface area contributed by atoms with Gasteiger partial charge in [-0.15, -0.1) is 0 Å². The van der Waals surface area contributed by atoms with Gasteiger partial charge in [-0.3, -0.25) is 9.69 Å². The molecular weight excluding hydrogens is 428 g/mol. The topological polar surface area (TPSA) is 69.6 Å². The number of carbonyl (C=O) groups is 1. The second kappa shape index (κ2) is 10.9. The normalized spacial score (nSPS) is 14.5. The third-order valence-electron chi connectivity index (χ3n) is 4.90. The fourth-order valence-corrected chi connectivity index (χ4v) is 4.29. The molecule has 1 aliphatic heterocycles. The number of benzene rings is 2. The van der Waals surface area contributed by atoms with Gasteiger partial charge in [0, 0.05) is 23.4 Å². The van der Waals surface area contributed by atoms with E-state index in [9.17, 15) is 4.79 Å². The first kappa shape index (κ1) is 23.5. The number of amides is 1. The van der Waals surface area contributed by atoms with Crippen LogP contribution in [0, 0.1) is 0 Å². The molecular formula is C24H28N2O5S. The number of hydrogen-bond donors (Lipinski definition) is 0. The molecule has 7 nitrogen and oxygen atoms in total. The molecule has 0 radical (unpaired) electrons. The van der Waals surface area contributed by atoms with E-state index in [0.717, 1.165) is 18.6 Å². The Labute approximate surface area is 193 Å². The Balaban J connectivity index is 2.04. The maximum Gasteiger partial charge on any atom is 0.283 e. The van der Waals surface area contributed by atoms with Crippen molar-refractivity contribution in [2.24, 2.45) is 4.99 Å². The van der Waals surface area contributed by atoms with Crippen LogP contribution in [-0.4, -0.2) is 45.3 Å². The highest BCUT2D eigenvalue weighted by Gasteiger charge is 2.32. The number of amidine groups is 1. The maximum atomic E-state index is 13.4. The molecule has 0 spiro atoms. The van der Waals surface area contributed by atoms with Gasteiger partial charge >= 0.3 is 0 Å². The second-order valence-corrected chi connectivity index (χ2v) is 7.98. The van der Waals surface area contributed by atoms with Crippen molar-refractivity contribution in [3.05, 3.63) is 47.7 Å². The standard InChI is InChI=1S/C24H28N2O5S/c1-6-7-11-32-24-25-19(23(27)26(24)17-9-8-10-18(14-17)28-2)12-16-13-21(30-4)22(31-5)15-20(16)29-3/h8-10,12-15H,6-7,11H2,1-5H3/b19-12-. The average molecular weight is 457 g/mol. The molecule has 1 heterocycles. The number of thioether (sulfide) groups is 1. The molecule has 0 atom stereocenters. The molecule has 0 aliphatic carbocycles. The molecule has 0 unspecified atom stereocenters. The Morgan fingerprint density at radius 2 is 1.69 bits per heavy atom.